The van der Waals surface area contributed by atoms with Crippen molar-refractivity contribution in [1.29, 1.82) is 0 Å². The molecule has 0 amide bonds. The van der Waals surface area contributed by atoms with Gasteiger partial charge in [-0.25, -0.2) is 4.79 Å². The third-order valence-electron chi connectivity index (χ3n) is 3.16. The van der Waals surface area contributed by atoms with Crippen LogP contribution in [0.2, 0.25) is 0 Å². The lowest BCUT2D eigenvalue weighted by molar-refractivity contribution is -0.148. The summed E-state index contributed by atoms with van der Waals surface area (Å²) in [5.41, 5.74) is 1.51. The van der Waals surface area contributed by atoms with Gasteiger partial charge in [0, 0.05) is 12.7 Å². The summed E-state index contributed by atoms with van der Waals surface area (Å²) in [4.78, 5) is 33.5. The van der Waals surface area contributed by atoms with Gasteiger partial charge in [0.1, 0.15) is 0 Å². The fourth-order valence-electron chi connectivity index (χ4n) is 2.07. The molecule has 0 aliphatic carbocycles. The average molecular weight is 285 g/mol. The molecule has 0 bridgehead atoms. The number of aryl methyl sites for hydroxylation is 2. The zero-order chi connectivity index (χ0) is 15.2. The smallest absolute Gasteiger partial charge is 0.372 e. The third kappa shape index (κ3) is 3.89. The number of Topliss-reactive ketones (excluding diaryl/α,β-unsaturated/α-hetero) is 2. The number of aromatic nitrogens is 1. The van der Waals surface area contributed by atoms with Crippen LogP contribution in [0.5, 0.6) is 0 Å². The molecule has 1 aromatic carbocycles. The molecule has 2 aromatic rings. The minimum absolute atomic E-state index is 0.362. The molecule has 0 aliphatic heterocycles. The van der Waals surface area contributed by atoms with Crippen molar-refractivity contribution >= 4 is 17.5 Å². The molecule has 0 unspecified atom stereocenters. The van der Waals surface area contributed by atoms with E-state index in [1.165, 1.54) is 0 Å². The van der Waals surface area contributed by atoms with E-state index in [0.29, 0.717) is 12.2 Å². The Morgan fingerprint density at radius 2 is 1.71 bits per heavy atom. The molecule has 5 nitrogen and oxygen atoms in total. The van der Waals surface area contributed by atoms with Gasteiger partial charge in [-0.1, -0.05) is 30.3 Å². The number of carboxylic acids is 1. The van der Waals surface area contributed by atoms with Crippen molar-refractivity contribution in [3.63, 3.8) is 0 Å². The Morgan fingerprint density at radius 3 is 2.38 bits per heavy atom. The Balaban J connectivity index is 2.03. The fourth-order valence-corrected chi connectivity index (χ4v) is 2.07. The van der Waals surface area contributed by atoms with Crippen molar-refractivity contribution in [2.24, 2.45) is 0 Å². The molecule has 0 saturated carbocycles. The highest BCUT2D eigenvalue weighted by molar-refractivity contribution is 6.37. The van der Waals surface area contributed by atoms with Crippen LogP contribution in [-0.2, 0) is 22.6 Å². The van der Waals surface area contributed by atoms with Gasteiger partial charge in [-0.05, 0) is 24.1 Å². The maximum absolute atomic E-state index is 11.9. The van der Waals surface area contributed by atoms with E-state index >= 15 is 0 Å². The molecule has 0 atom stereocenters. The minimum Gasteiger partial charge on any atom is -0.475 e. The van der Waals surface area contributed by atoms with Crippen LogP contribution < -0.4 is 0 Å². The summed E-state index contributed by atoms with van der Waals surface area (Å²) < 4.78 is 1.74. The predicted octanol–water partition coefficient (Wildman–Crippen LogP) is 1.96. The highest BCUT2D eigenvalue weighted by atomic mass is 16.4. The minimum atomic E-state index is -1.58. The summed E-state index contributed by atoms with van der Waals surface area (Å²) in [6.45, 7) is 0.597. The van der Waals surface area contributed by atoms with Crippen molar-refractivity contribution in [1.82, 2.24) is 4.57 Å². The van der Waals surface area contributed by atoms with Crippen molar-refractivity contribution in [2.45, 2.75) is 19.4 Å². The summed E-state index contributed by atoms with van der Waals surface area (Å²) in [5, 5.41) is 8.54. The van der Waals surface area contributed by atoms with E-state index < -0.39 is 24.0 Å². The first-order chi connectivity index (χ1) is 10.1. The van der Waals surface area contributed by atoms with Gasteiger partial charge in [-0.3, -0.25) is 9.59 Å². The molecule has 0 spiro atoms. The molecule has 1 aromatic heterocycles. The molecule has 0 aliphatic rings. The summed E-state index contributed by atoms with van der Waals surface area (Å²) in [7, 11) is 0. The third-order valence-corrected chi connectivity index (χ3v) is 3.16. The van der Waals surface area contributed by atoms with Gasteiger partial charge in [0.05, 0.1) is 12.1 Å². The topological polar surface area (TPSA) is 76.4 Å². The van der Waals surface area contributed by atoms with Crippen LogP contribution in [0.25, 0.3) is 0 Å². The number of hydrogen-bond donors (Lipinski definition) is 1. The van der Waals surface area contributed by atoms with Gasteiger partial charge in [-0.2, -0.15) is 0 Å². The van der Waals surface area contributed by atoms with Crippen molar-refractivity contribution < 1.29 is 19.5 Å². The van der Waals surface area contributed by atoms with Crippen LogP contribution in [0, 0.1) is 0 Å². The van der Waals surface area contributed by atoms with E-state index in [1.807, 2.05) is 30.3 Å². The zero-order valence-corrected chi connectivity index (χ0v) is 11.4. The molecule has 1 N–H and O–H groups in total. The van der Waals surface area contributed by atoms with Crippen LogP contribution in [-0.4, -0.2) is 27.2 Å². The molecule has 108 valence electrons. The van der Waals surface area contributed by atoms with Crippen molar-refractivity contribution in [3.8, 4) is 0 Å². The first kappa shape index (κ1) is 14.7. The first-order valence-corrected chi connectivity index (χ1v) is 6.56. The molecule has 5 heteroatoms. The van der Waals surface area contributed by atoms with E-state index in [2.05, 4.69) is 0 Å². The maximum atomic E-state index is 11.9. The monoisotopic (exact) mass is 285 g/mol. The first-order valence-electron chi connectivity index (χ1n) is 6.56. The summed E-state index contributed by atoms with van der Waals surface area (Å²) >= 11 is 0. The van der Waals surface area contributed by atoms with Crippen LogP contribution in [0.3, 0.4) is 0 Å². The highest BCUT2D eigenvalue weighted by Gasteiger charge is 2.19. The largest absolute Gasteiger partial charge is 0.475 e. The van der Waals surface area contributed by atoms with Crippen LogP contribution >= 0.6 is 0 Å². The standard InChI is InChI=1S/C16H15NO4/c18-14(11-15(19)16(20)21)13-7-4-9-17(13)10-8-12-5-2-1-3-6-12/h1-7,9H,8,10-11H2,(H,20,21). The molecular formula is C16H15NO4. The number of carboxylic acid groups (broad SMARTS) is 1. The Kier molecular flexibility index (Phi) is 4.66. The second kappa shape index (κ2) is 6.65. The Morgan fingerprint density at radius 1 is 1.00 bits per heavy atom. The maximum Gasteiger partial charge on any atom is 0.372 e. The number of hydrogen-bond acceptors (Lipinski definition) is 3. The molecule has 1 heterocycles. The van der Waals surface area contributed by atoms with Gasteiger partial charge in [0.15, 0.2) is 5.78 Å². The lowest BCUT2D eigenvalue weighted by Gasteiger charge is -2.08. The van der Waals surface area contributed by atoms with Crippen LogP contribution in [0.4, 0.5) is 0 Å². The molecule has 0 radical (unpaired) electrons. The lowest BCUT2D eigenvalue weighted by Crippen LogP contribution is -2.19. The number of rotatable bonds is 7. The normalized spacial score (nSPS) is 10.3. The van der Waals surface area contributed by atoms with Crippen molar-refractivity contribution in [2.75, 3.05) is 0 Å². The molecular weight excluding hydrogens is 270 g/mol. The van der Waals surface area contributed by atoms with Crippen LogP contribution in [0.15, 0.2) is 48.7 Å². The van der Waals surface area contributed by atoms with Gasteiger partial charge in [-0.15, -0.1) is 0 Å². The van der Waals surface area contributed by atoms with E-state index in [9.17, 15) is 14.4 Å². The van der Waals surface area contributed by atoms with Crippen molar-refractivity contribution in [3.05, 3.63) is 59.9 Å². The SMILES string of the molecule is O=C(O)C(=O)CC(=O)c1cccn1CCc1ccccc1. The quantitative estimate of drug-likeness (QED) is 0.479. The second-order valence-electron chi connectivity index (χ2n) is 4.65. The van der Waals surface area contributed by atoms with Gasteiger partial charge < -0.3 is 9.67 Å². The number of ketones is 2. The van der Waals surface area contributed by atoms with E-state index in [4.69, 9.17) is 5.11 Å². The summed E-state index contributed by atoms with van der Waals surface area (Å²) in [5.74, 6) is -3.14. The van der Waals surface area contributed by atoms with Crippen LogP contribution in [0.1, 0.15) is 22.5 Å². The van der Waals surface area contributed by atoms with E-state index in [1.54, 1.807) is 22.9 Å². The van der Waals surface area contributed by atoms with E-state index in [-0.39, 0.29) is 0 Å². The van der Waals surface area contributed by atoms with Gasteiger partial charge in [0.25, 0.3) is 0 Å². The fraction of sp³-hybridized carbons (Fsp3) is 0.188. The Bertz CT molecular complexity index is 658. The highest BCUT2D eigenvalue weighted by Crippen LogP contribution is 2.09. The number of carbonyl (C=O) groups excluding carboxylic acids is 2. The Hall–Kier alpha value is -2.69. The van der Waals surface area contributed by atoms with Gasteiger partial charge >= 0.3 is 5.97 Å². The molecule has 21 heavy (non-hydrogen) atoms. The molecule has 0 fully saturated rings. The summed E-state index contributed by atoms with van der Waals surface area (Å²) in [6, 6.07) is 13.1. The Labute approximate surface area is 121 Å². The number of benzene rings is 1. The number of nitrogens with zero attached hydrogens (tertiary/aromatic N) is 1. The second-order valence-corrected chi connectivity index (χ2v) is 4.65. The van der Waals surface area contributed by atoms with Gasteiger partial charge in [0.2, 0.25) is 5.78 Å². The predicted molar refractivity (Wildman–Crippen MR) is 76.2 cm³/mol. The zero-order valence-electron chi connectivity index (χ0n) is 11.4. The average Bonchev–Trinajstić information content (AvgIpc) is 2.94. The lowest BCUT2D eigenvalue weighted by atomic mass is 10.1. The molecule has 0 saturated heterocycles. The molecule has 2 rings (SSSR count). The number of carbonyl (C=O) groups is 3. The summed E-state index contributed by atoms with van der Waals surface area (Å²) in [6.07, 6.45) is 1.90. The van der Waals surface area contributed by atoms with E-state index in [0.717, 1.165) is 12.0 Å². The number of aliphatic carboxylic acids is 1.